The van der Waals surface area contributed by atoms with Gasteiger partial charge in [-0.1, -0.05) is 90.4 Å². The van der Waals surface area contributed by atoms with Gasteiger partial charge in [0.25, 0.3) is 0 Å². The number of carbonyl (C=O) groups excluding carboxylic acids is 1. The molecule has 0 spiro atoms. The third-order valence-corrected chi connectivity index (χ3v) is 16.8. The van der Waals surface area contributed by atoms with E-state index in [-0.39, 0.29) is 42.6 Å². The predicted molar refractivity (Wildman–Crippen MR) is 188 cm³/mol. The summed E-state index contributed by atoms with van der Waals surface area (Å²) in [6.07, 6.45) is 12.9. The lowest BCUT2D eigenvalue weighted by Gasteiger charge is -2.45. The quantitative estimate of drug-likeness (QED) is 0.0613. The van der Waals surface area contributed by atoms with E-state index in [1.54, 1.807) is 7.11 Å². The van der Waals surface area contributed by atoms with E-state index >= 15 is 0 Å². The Morgan fingerprint density at radius 2 is 1.55 bits per heavy atom. The zero-order valence-electron chi connectivity index (χ0n) is 30.0. The second kappa shape index (κ2) is 19.5. The molecule has 0 saturated carbocycles. The fraction of sp³-hybridized carbons (Fsp3) is 0.917. The number of hydrogen-bond acceptors (Lipinski definition) is 6. The Labute approximate surface area is 280 Å². The molecule has 2 fully saturated rings. The van der Waals surface area contributed by atoms with E-state index < -0.39 is 8.32 Å². The highest BCUT2D eigenvalue weighted by Crippen LogP contribution is 2.44. The molecule has 2 rings (SSSR count). The van der Waals surface area contributed by atoms with Crippen LogP contribution in [0.5, 0.6) is 0 Å². The number of esters is 1. The van der Waals surface area contributed by atoms with Gasteiger partial charge < -0.3 is 23.4 Å². The van der Waals surface area contributed by atoms with Gasteiger partial charge in [0, 0.05) is 24.8 Å². The van der Waals surface area contributed by atoms with E-state index in [2.05, 4.69) is 90.4 Å². The summed E-state index contributed by atoms with van der Waals surface area (Å²) in [6.45, 7) is 23.3. The van der Waals surface area contributed by atoms with Crippen LogP contribution in [-0.4, -0.2) is 69.5 Å². The SMILES string of the molecule is CCOC(=O)C[C@H]1C[C@@H](Br)C[C@@H](C[C@@H](C[C@H]2O[C@H](C[C@@H](/C=C/CC(C)C)O[Si](C(C)C)(C(C)C)C(C)C)CC[C@@H]2C)OC)O1. The molecule has 0 bridgehead atoms. The maximum absolute atomic E-state index is 12.1. The smallest absolute Gasteiger partial charge is 0.308 e. The Morgan fingerprint density at radius 1 is 0.909 bits per heavy atom. The number of allylic oxidation sites excluding steroid dienone is 1. The average molecular weight is 704 g/mol. The van der Waals surface area contributed by atoms with Crippen LogP contribution in [0.15, 0.2) is 12.2 Å². The Bertz CT molecular complexity index is 827. The third-order valence-electron chi connectivity index (χ3n) is 9.94. The monoisotopic (exact) mass is 702 g/mol. The number of rotatable bonds is 18. The molecule has 8 heteroatoms. The fourth-order valence-electron chi connectivity index (χ4n) is 7.72. The van der Waals surface area contributed by atoms with Gasteiger partial charge in [-0.2, -0.15) is 0 Å². The van der Waals surface area contributed by atoms with Gasteiger partial charge in [-0.3, -0.25) is 4.79 Å². The molecule has 2 aliphatic rings. The highest BCUT2D eigenvalue weighted by atomic mass is 79.9. The Balaban J connectivity index is 2.11. The summed E-state index contributed by atoms with van der Waals surface area (Å²) in [4.78, 5) is 12.4. The van der Waals surface area contributed by atoms with Crippen molar-refractivity contribution < 1.29 is 28.2 Å². The molecular weight excluding hydrogens is 636 g/mol. The minimum atomic E-state index is -2.04. The summed E-state index contributed by atoms with van der Waals surface area (Å²) in [7, 11) is -0.237. The first-order valence-electron chi connectivity index (χ1n) is 17.7. The van der Waals surface area contributed by atoms with Crippen molar-refractivity contribution in [1.82, 2.24) is 0 Å². The van der Waals surface area contributed by atoms with Crippen LogP contribution in [0.1, 0.15) is 127 Å². The van der Waals surface area contributed by atoms with E-state index in [1.165, 1.54) is 0 Å². The first-order valence-corrected chi connectivity index (χ1v) is 20.7. The molecule has 44 heavy (non-hydrogen) atoms. The van der Waals surface area contributed by atoms with E-state index in [1.807, 2.05) is 6.92 Å². The molecule has 0 N–H and O–H groups in total. The molecule has 0 amide bonds. The number of hydrogen-bond donors (Lipinski definition) is 0. The van der Waals surface area contributed by atoms with Crippen LogP contribution in [0, 0.1) is 11.8 Å². The van der Waals surface area contributed by atoms with Crippen molar-refractivity contribution in [2.45, 2.75) is 185 Å². The minimum Gasteiger partial charge on any atom is -0.466 e. The second-order valence-corrected chi connectivity index (χ2v) is 21.6. The Hall–Kier alpha value is -0.253. The molecule has 6 nitrogen and oxygen atoms in total. The largest absolute Gasteiger partial charge is 0.466 e. The molecule has 0 aromatic rings. The van der Waals surface area contributed by atoms with Crippen molar-refractivity contribution in [3.05, 3.63) is 12.2 Å². The molecule has 0 aromatic carbocycles. The third kappa shape index (κ3) is 12.4. The van der Waals surface area contributed by atoms with E-state index in [9.17, 15) is 4.79 Å². The molecule has 0 aromatic heterocycles. The lowest BCUT2D eigenvalue weighted by atomic mass is 9.87. The topological polar surface area (TPSA) is 63.2 Å². The van der Waals surface area contributed by atoms with E-state index in [0.29, 0.717) is 46.3 Å². The average Bonchev–Trinajstić information content (AvgIpc) is 2.91. The first-order chi connectivity index (χ1) is 20.7. The highest BCUT2D eigenvalue weighted by Gasteiger charge is 2.47. The van der Waals surface area contributed by atoms with Crippen LogP contribution in [-0.2, 0) is 28.2 Å². The normalized spacial score (nSPS) is 28.4. The molecular formula is C36H67BrO6Si. The molecule has 0 aliphatic carbocycles. The highest BCUT2D eigenvalue weighted by molar-refractivity contribution is 9.09. The summed E-state index contributed by atoms with van der Waals surface area (Å²) >= 11 is 3.81. The van der Waals surface area contributed by atoms with E-state index in [4.69, 9.17) is 23.4 Å². The summed E-state index contributed by atoms with van der Waals surface area (Å²) in [5.74, 6) is 0.917. The second-order valence-electron chi connectivity index (χ2n) is 14.9. The maximum Gasteiger partial charge on any atom is 0.308 e. The van der Waals surface area contributed by atoms with Crippen molar-refractivity contribution in [1.29, 1.82) is 0 Å². The number of alkyl halides is 1. The van der Waals surface area contributed by atoms with Crippen LogP contribution < -0.4 is 0 Å². The number of ether oxygens (including phenoxy) is 4. The van der Waals surface area contributed by atoms with Gasteiger partial charge in [-0.15, -0.1) is 0 Å². The van der Waals surface area contributed by atoms with Crippen LogP contribution in [0.3, 0.4) is 0 Å². The number of halogens is 1. The van der Waals surface area contributed by atoms with Crippen LogP contribution in [0.25, 0.3) is 0 Å². The van der Waals surface area contributed by atoms with Crippen molar-refractivity contribution >= 4 is 30.2 Å². The molecule has 2 saturated heterocycles. The molecule has 0 unspecified atom stereocenters. The van der Waals surface area contributed by atoms with E-state index in [0.717, 1.165) is 51.4 Å². The molecule has 2 aliphatic heterocycles. The Kier molecular flexibility index (Phi) is 17.7. The first kappa shape index (κ1) is 39.9. The van der Waals surface area contributed by atoms with Gasteiger partial charge in [-0.05, 0) is 73.9 Å². The minimum absolute atomic E-state index is 0.0353. The lowest BCUT2D eigenvalue weighted by Crippen LogP contribution is -2.50. The zero-order chi connectivity index (χ0) is 33.0. The van der Waals surface area contributed by atoms with Gasteiger partial charge >= 0.3 is 5.97 Å². The fourth-order valence-corrected chi connectivity index (χ4v) is 14.1. The van der Waals surface area contributed by atoms with Crippen molar-refractivity contribution in [2.24, 2.45) is 11.8 Å². The summed E-state index contributed by atoms with van der Waals surface area (Å²) < 4.78 is 31.8. The molecule has 258 valence electrons. The molecule has 2 heterocycles. The van der Waals surface area contributed by atoms with Gasteiger partial charge in [0.05, 0.1) is 49.7 Å². The van der Waals surface area contributed by atoms with Crippen LogP contribution in [0.2, 0.25) is 16.6 Å². The van der Waals surface area contributed by atoms with Crippen LogP contribution in [0.4, 0.5) is 0 Å². The van der Waals surface area contributed by atoms with Gasteiger partial charge in [-0.25, -0.2) is 0 Å². The van der Waals surface area contributed by atoms with Crippen molar-refractivity contribution in [3.63, 3.8) is 0 Å². The summed E-state index contributed by atoms with van der Waals surface area (Å²) in [5, 5.41) is 0. The van der Waals surface area contributed by atoms with Gasteiger partial charge in [0.15, 0.2) is 0 Å². The standard InChI is InChI=1S/C36H67BrO6Si/c1-12-40-36(38)23-34-19-29(37)18-33(41-34)21-32(39-11)22-35-28(10)16-17-30(42-35)20-31(15-13-14-24(2)3)43-44(25(4)5,26(6)7)27(8)9/h13,15,24-35H,12,14,16-23H2,1-11H3/b15-13+/t28-,29-,30-,31+,32-,33-,34+,35+/m0/s1. The van der Waals surface area contributed by atoms with Crippen molar-refractivity contribution in [3.8, 4) is 0 Å². The number of methoxy groups -OCH3 is 1. The Morgan fingerprint density at radius 3 is 2.11 bits per heavy atom. The van der Waals surface area contributed by atoms with Crippen molar-refractivity contribution in [2.75, 3.05) is 13.7 Å². The van der Waals surface area contributed by atoms with Crippen LogP contribution >= 0.6 is 15.9 Å². The molecule has 0 radical (unpaired) electrons. The summed E-state index contributed by atoms with van der Waals surface area (Å²) in [6, 6.07) is 0. The molecule has 8 atom stereocenters. The van der Waals surface area contributed by atoms with Gasteiger partial charge in [0.2, 0.25) is 8.32 Å². The lowest BCUT2D eigenvalue weighted by molar-refractivity contribution is -0.150. The maximum atomic E-state index is 12.1. The predicted octanol–water partition coefficient (Wildman–Crippen LogP) is 9.78. The zero-order valence-corrected chi connectivity index (χ0v) is 32.6. The number of carbonyl (C=O) groups is 1. The van der Waals surface area contributed by atoms with Gasteiger partial charge in [0.1, 0.15) is 0 Å². The summed E-state index contributed by atoms with van der Waals surface area (Å²) in [5.41, 5.74) is 1.64.